The van der Waals surface area contributed by atoms with Crippen molar-refractivity contribution >= 4 is 54.6 Å². The van der Waals surface area contributed by atoms with Crippen LogP contribution in [0, 0.1) is 0 Å². The summed E-state index contributed by atoms with van der Waals surface area (Å²) in [6.07, 6.45) is 2.13. The van der Waals surface area contributed by atoms with E-state index in [0.29, 0.717) is 29.8 Å². The van der Waals surface area contributed by atoms with Crippen LogP contribution in [0.1, 0.15) is 12.0 Å². The van der Waals surface area contributed by atoms with E-state index in [0.717, 1.165) is 6.26 Å². The van der Waals surface area contributed by atoms with Crippen molar-refractivity contribution in [2.45, 2.75) is 17.7 Å². The SMILES string of the molecule is CS(=O)(=O)Nc1cccc2c1CCCN2S(=O)(=O)c1ccc(Cl)nc1Cl. The number of aromatic nitrogens is 1. The van der Waals surface area contributed by atoms with Gasteiger partial charge in [-0.3, -0.25) is 9.03 Å². The Hall–Kier alpha value is -1.55. The van der Waals surface area contributed by atoms with Crippen LogP contribution < -0.4 is 9.03 Å². The van der Waals surface area contributed by atoms with E-state index in [-0.39, 0.29) is 21.7 Å². The molecular weight excluding hydrogens is 421 g/mol. The van der Waals surface area contributed by atoms with Crippen LogP contribution in [0.2, 0.25) is 10.3 Å². The molecule has 7 nitrogen and oxygen atoms in total. The standard InChI is InChI=1S/C15H15Cl2N3O4S2/c1-25(21,22)19-11-5-2-6-12-10(11)4-3-9-20(12)26(23,24)13-7-8-14(16)18-15(13)17/h2,5-8,19H,3-4,9H2,1H3. The number of nitrogens with zero attached hydrogens (tertiary/aromatic N) is 2. The molecule has 0 saturated heterocycles. The minimum atomic E-state index is -3.98. The fraction of sp³-hybridized carbons (Fsp3) is 0.267. The number of sulfonamides is 2. The van der Waals surface area contributed by atoms with Gasteiger partial charge in [0.1, 0.15) is 10.0 Å². The molecule has 140 valence electrons. The Morgan fingerprint density at radius 1 is 1.12 bits per heavy atom. The van der Waals surface area contributed by atoms with Gasteiger partial charge in [-0.2, -0.15) is 0 Å². The third-order valence-electron chi connectivity index (χ3n) is 3.85. The van der Waals surface area contributed by atoms with Crippen molar-refractivity contribution in [2.75, 3.05) is 21.8 Å². The quantitative estimate of drug-likeness (QED) is 0.744. The second-order valence-corrected chi connectivity index (χ2v) is 10.1. The van der Waals surface area contributed by atoms with Gasteiger partial charge >= 0.3 is 0 Å². The number of hydrogen-bond acceptors (Lipinski definition) is 5. The highest BCUT2D eigenvalue weighted by Crippen LogP contribution is 2.37. The van der Waals surface area contributed by atoms with Gasteiger partial charge in [-0.15, -0.1) is 0 Å². The number of benzene rings is 1. The Morgan fingerprint density at radius 3 is 2.50 bits per heavy atom. The van der Waals surface area contributed by atoms with Gasteiger partial charge in [0.15, 0.2) is 5.15 Å². The maximum Gasteiger partial charge on any atom is 0.267 e. The molecule has 0 aliphatic carbocycles. The first kappa shape index (κ1) is 19.2. The van der Waals surface area contributed by atoms with Crippen molar-refractivity contribution in [2.24, 2.45) is 0 Å². The topological polar surface area (TPSA) is 96.4 Å². The number of halogens is 2. The fourth-order valence-corrected chi connectivity index (χ4v) is 5.61. The van der Waals surface area contributed by atoms with Gasteiger partial charge in [-0.25, -0.2) is 21.8 Å². The average Bonchev–Trinajstić information content (AvgIpc) is 2.52. The normalized spacial score (nSPS) is 14.8. The van der Waals surface area contributed by atoms with Crippen molar-refractivity contribution in [3.8, 4) is 0 Å². The van der Waals surface area contributed by atoms with Crippen LogP contribution in [-0.2, 0) is 26.5 Å². The highest BCUT2D eigenvalue weighted by Gasteiger charge is 2.32. The van der Waals surface area contributed by atoms with Crippen molar-refractivity contribution in [1.82, 2.24) is 4.98 Å². The molecule has 2 aromatic rings. The van der Waals surface area contributed by atoms with Crippen LogP contribution in [0.4, 0.5) is 11.4 Å². The molecule has 0 bridgehead atoms. The molecule has 26 heavy (non-hydrogen) atoms. The lowest BCUT2D eigenvalue weighted by molar-refractivity contribution is 0.586. The molecule has 11 heteroatoms. The van der Waals surface area contributed by atoms with Gasteiger partial charge in [0, 0.05) is 12.1 Å². The molecule has 0 fully saturated rings. The highest BCUT2D eigenvalue weighted by molar-refractivity contribution is 7.93. The predicted molar refractivity (Wildman–Crippen MR) is 102 cm³/mol. The van der Waals surface area contributed by atoms with Gasteiger partial charge in [-0.05, 0) is 37.1 Å². The van der Waals surface area contributed by atoms with Gasteiger partial charge < -0.3 is 0 Å². The molecule has 0 unspecified atom stereocenters. The molecule has 1 aromatic carbocycles. The van der Waals surface area contributed by atoms with Crippen LogP contribution >= 0.6 is 23.2 Å². The van der Waals surface area contributed by atoms with Gasteiger partial charge in [0.05, 0.1) is 17.6 Å². The van der Waals surface area contributed by atoms with Gasteiger partial charge in [0.2, 0.25) is 10.0 Å². The van der Waals surface area contributed by atoms with Gasteiger partial charge in [-0.1, -0.05) is 29.3 Å². The number of anilines is 2. The maximum atomic E-state index is 13.1. The van der Waals surface area contributed by atoms with Crippen LogP contribution in [-0.4, -0.2) is 34.6 Å². The first-order valence-corrected chi connectivity index (χ1v) is 11.6. The zero-order valence-corrected chi connectivity index (χ0v) is 16.8. The molecule has 0 amide bonds. The molecule has 0 atom stereocenters. The Labute approximate surface area is 162 Å². The number of rotatable bonds is 4. The minimum Gasteiger partial charge on any atom is -0.283 e. The number of hydrogen-bond donors (Lipinski definition) is 1. The number of nitrogens with one attached hydrogen (secondary N) is 1. The van der Waals surface area contributed by atoms with Crippen LogP contribution in [0.25, 0.3) is 0 Å². The van der Waals surface area contributed by atoms with Crippen molar-refractivity contribution in [1.29, 1.82) is 0 Å². The summed E-state index contributed by atoms with van der Waals surface area (Å²) in [6.45, 7) is 0.247. The zero-order valence-electron chi connectivity index (χ0n) is 13.6. The lowest BCUT2D eigenvalue weighted by atomic mass is 10.0. The summed E-state index contributed by atoms with van der Waals surface area (Å²) in [7, 11) is -7.47. The van der Waals surface area contributed by atoms with Crippen LogP contribution in [0.3, 0.4) is 0 Å². The molecule has 3 rings (SSSR count). The first-order valence-electron chi connectivity index (χ1n) is 7.54. The number of fused-ring (bicyclic) bond motifs is 1. The smallest absolute Gasteiger partial charge is 0.267 e. The molecule has 0 spiro atoms. The van der Waals surface area contributed by atoms with E-state index >= 15 is 0 Å². The van der Waals surface area contributed by atoms with E-state index < -0.39 is 20.0 Å². The molecule has 0 radical (unpaired) electrons. The summed E-state index contributed by atoms with van der Waals surface area (Å²) >= 11 is 11.7. The van der Waals surface area contributed by atoms with Crippen molar-refractivity contribution < 1.29 is 16.8 Å². The Balaban J connectivity index is 2.11. The zero-order chi connectivity index (χ0) is 19.1. The maximum absolute atomic E-state index is 13.1. The van der Waals surface area contributed by atoms with Crippen LogP contribution in [0.5, 0.6) is 0 Å². The summed E-state index contributed by atoms with van der Waals surface area (Å²) in [5, 5.41) is -0.123. The molecule has 2 heterocycles. The molecule has 1 N–H and O–H groups in total. The number of pyridine rings is 1. The lowest BCUT2D eigenvalue weighted by Crippen LogP contribution is -2.36. The monoisotopic (exact) mass is 435 g/mol. The summed E-state index contributed by atoms with van der Waals surface area (Å²) in [4.78, 5) is 3.64. The lowest BCUT2D eigenvalue weighted by Gasteiger charge is -2.31. The first-order chi connectivity index (χ1) is 12.1. The highest BCUT2D eigenvalue weighted by atomic mass is 35.5. The van der Waals surface area contributed by atoms with E-state index in [1.807, 2.05) is 0 Å². The molecule has 1 aliphatic rings. The second-order valence-electron chi connectivity index (χ2n) is 5.78. The fourth-order valence-electron chi connectivity index (χ4n) is 2.85. The predicted octanol–water partition coefficient (Wildman–Crippen LogP) is 2.90. The molecule has 1 aliphatic heterocycles. The Bertz CT molecular complexity index is 1070. The largest absolute Gasteiger partial charge is 0.283 e. The Kier molecular flexibility index (Phi) is 5.08. The summed E-state index contributed by atoms with van der Waals surface area (Å²) in [6, 6.07) is 7.50. The average molecular weight is 436 g/mol. The van der Waals surface area contributed by atoms with E-state index in [1.54, 1.807) is 18.2 Å². The molecular formula is C15H15Cl2N3O4S2. The second kappa shape index (κ2) is 6.88. The summed E-state index contributed by atoms with van der Waals surface area (Å²) in [5.74, 6) is 0. The van der Waals surface area contributed by atoms with Crippen LogP contribution in [0.15, 0.2) is 35.2 Å². The van der Waals surface area contributed by atoms with Crippen molar-refractivity contribution in [3.63, 3.8) is 0 Å². The summed E-state index contributed by atoms with van der Waals surface area (Å²) in [5.41, 5.74) is 1.40. The van der Waals surface area contributed by atoms with Gasteiger partial charge in [0.25, 0.3) is 10.0 Å². The van der Waals surface area contributed by atoms with E-state index in [9.17, 15) is 16.8 Å². The third kappa shape index (κ3) is 3.75. The molecule has 1 aromatic heterocycles. The minimum absolute atomic E-state index is 0.0904. The van der Waals surface area contributed by atoms with E-state index in [4.69, 9.17) is 23.2 Å². The Morgan fingerprint density at radius 2 is 1.85 bits per heavy atom. The molecule has 0 saturated carbocycles. The van der Waals surface area contributed by atoms with Crippen molar-refractivity contribution in [3.05, 3.63) is 46.2 Å². The third-order valence-corrected chi connectivity index (χ3v) is 6.90. The van der Waals surface area contributed by atoms with E-state index in [2.05, 4.69) is 9.71 Å². The summed E-state index contributed by atoms with van der Waals surface area (Å²) < 4.78 is 53.0. The van der Waals surface area contributed by atoms with E-state index in [1.165, 1.54) is 16.4 Å².